The number of rotatable bonds is 7. The molecular weight excluding hydrogens is 378 g/mol. The molecule has 144 valence electrons. The molecule has 1 fully saturated rings. The molecule has 0 saturated carbocycles. The van der Waals surface area contributed by atoms with Gasteiger partial charge < -0.3 is 15.5 Å². The summed E-state index contributed by atoms with van der Waals surface area (Å²) in [4.78, 5) is 19.2. The van der Waals surface area contributed by atoms with Gasteiger partial charge in [0.25, 0.3) is 5.91 Å². The highest BCUT2D eigenvalue weighted by molar-refractivity contribution is 7.91. The number of nitrogens with zero attached hydrogens (tertiary/aromatic N) is 2. The molecule has 0 radical (unpaired) electrons. The van der Waals surface area contributed by atoms with Gasteiger partial charge in [0.2, 0.25) is 0 Å². The van der Waals surface area contributed by atoms with Crippen LogP contribution in [-0.2, 0) is 19.5 Å². The number of nitrogens with two attached hydrogens (primary N) is 1. The van der Waals surface area contributed by atoms with E-state index in [1.165, 1.54) is 0 Å². The van der Waals surface area contributed by atoms with Crippen molar-refractivity contribution in [1.29, 1.82) is 0 Å². The fourth-order valence-corrected chi connectivity index (χ4v) is 4.64. The minimum absolute atomic E-state index is 0.00163. The van der Waals surface area contributed by atoms with Gasteiger partial charge >= 0.3 is 0 Å². The van der Waals surface area contributed by atoms with Crippen molar-refractivity contribution in [3.63, 3.8) is 0 Å². The maximum absolute atomic E-state index is 12.5. The lowest BCUT2D eigenvalue weighted by atomic mass is 10.1. The Morgan fingerprint density at radius 2 is 2.04 bits per heavy atom. The molecule has 1 amide bonds. The SMILES string of the molecule is CC(C)CN(C(=O)CO/N=C(\N)c1ccc(Cl)cc1)C1CCS(=O)(=O)C1. The second kappa shape index (κ2) is 8.73. The predicted molar refractivity (Wildman–Crippen MR) is 102 cm³/mol. The monoisotopic (exact) mass is 401 g/mol. The molecule has 0 aliphatic carbocycles. The van der Waals surface area contributed by atoms with Crippen molar-refractivity contribution < 1.29 is 18.0 Å². The van der Waals surface area contributed by atoms with Crippen LogP contribution in [-0.4, -0.2) is 55.8 Å². The van der Waals surface area contributed by atoms with E-state index in [9.17, 15) is 13.2 Å². The van der Waals surface area contributed by atoms with Crippen LogP contribution in [0.5, 0.6) is 0 Å². The Morgan fingerprint density at radius 3 is 2.58 bits per heavy atom. The minimum Gasteiger partial charge on any atom is -0.384 e. The van der Waals surface area contributed by atoms with E-state index in [2.05, 4.69) is 5.16 Å². The summed E-state index contributed by atoms with van der Waals surface area (Å²) in [5, 5.41) is 4.34. The molecule has 1 aromatic rings. The van der Waals surface area contributed by atoms with Crippen molar-refractivity contribution in [3.05, 3.63) is 34.9 Å². The average Bonchev–Trinajstić information content (AvgIpc) is 2.92. The Bertz CT molecular complexity index is 763. The van der Waals surface area contributed by atoms with E-state index in [0.29, 0.717) is 23.6 Å². The first kappa shape index (κ1) is 20.5. The van der Waals surface area contributed by atoms with Gasteiger partial charge in [-0.05, 0) is 36.6 Å². The van der Waals surface area contributed by atoms with Crippen molar-refractivity contribution in [2.45, 2.75) is 26.3 Å². The first-order valence-corrected chi connectivity index (χ1v) is 10.6. The van der Waals surface area contributed by atoms with E-state index in [0.717, 1.165) is 0 Å². The van der Waals surface area contributed by atoms with Crippen LogP contribution in [0.4, 0.5) is 0 Å². The lowest BCUT2D eigenvalue weighted by Gasteiger charge is -2.29. The van der Waals surface area contributed by atoms with Crippen LogP contribution in [0.15, 0.2) is 29.4 Å². The van der Waals surface area contributed by atoms with Gasteiger partial charge in [0.05, 0.1) is 11.5 Å². The molecular formula is C17H24ClN3O4S. The van der Waals surface area contributed by atoms with E-state index in [4.69, 9.17) is 22.2 Å². The number of hydrogen-bond acceptors (Lipinski definition) is 5. The van der Waals surface area contributed by atoms with Gasteiger partial charge in [-0.25, -0.2) is 8.42 Å². The molecule has 26 heavy (non-hydrogen) atoms. The Balaban J connectivity index is 1.98. The zero-order chi connectivity index (χ0) is 19.3. The Labute approximate surface area is 159 Å². The maximum atomic E-state index is 12.5. The highest BCUT2D eigenvalue weighted by atomic mass is 35.5. The largest absolute Gasteiger partial charge is 0.384 e. The average molecular weight is 402 g/mol. The fraction of sp³-hybridized carbons (Fsp3) is 0.529. The standard InChI is InChI=1S/C17H24ClN3O4S/c1-12(2)9-21(15-7-8-26(23,24)11-15)16(22)10-25-20-17(19)13-3-5-14(18)6-4-13/h3-6,12,15H,7-11H2,1-2H3,(H2,19,20). The number of benzene rings is 1. The van der Waals surface area contributed by atoms with Gasteiger partial charge in [-0.1, -0.05) is 30.6 Å². The Hall–Kier alpha value is -1.80. The quantitative estimate of drug-likeness (QED) is 0.425. The lowest BCUT2D eigenvalue weighted by molar-refractivity contribution is -0.138. The van der Waals surface area contributed by atoms with E-state index in [-0.39, 0.29) is 41.8 Å². The third-order valence-electron chi connectivity index (χ3n) is 4.02. The maximum Gasteiger partial charge on any atom is 0.263 e. The fourth-order valence-electron chi connectivity index (χ4n) is 2.78. The van der Waals surface area contributed by atoms with Crippen molar-refractivity contribution >= 4 is 33.2 Å². The van der Waals surface area contributed by atoms with Gasteiger partial charge in [0.1, 0.15) is 0 Å². The van der Waals surface area contributed by atoms with Gasteiger partial charge in [0, 0.05) is 23.2 Å². The van der Waals surface area contributed by atoms with E-state index in [1.807, 2.05) is 13.8 Å². The molecule has 9 heteroatoms. The number of halogens is 1. The summed E-state index contributed by atoms with van der Waals surface area (Å²) in [6.45, 7) is 4.12. The van der Waals surface area contributed by atoms with Crippen LogP contribution in [0.3, 0.4) is 0 Å². The summed E-state index contributed by atoms with van der Waals surface area (Å²) in [6, 6.07) is 6.43. The molecule has 0 bridgehead atoms. The van der Waals surface area contributed by atoms with E-state index in [1.54, 1.807) is 29.2 Å². The van der Waals surface area contributed by atoms with Gasteiger partial charge in [0.15, 0.2) is 22.3 Å². The van der Waals surface area contributed by atoms with Gasteiger partial charge in [-0.2, -0.15) is 0 Å². The number of carbonyl (C=O) groups excluding carboxylic acids is 1. The molecule has 1 saturated heterocycles. The van der Waals surface area contributed by atoms with E-state index >= 15 is 0 Å². The highest BCUT2D eigenvalue weighted by Gasteiger charge is 2.35. The van der Waals surface area contributed by atoms with Crippen LogP contribution >= 0.6 is 11.6 Å². The molecule has 1 aliphatic rings. The summed E-state index contributed by atoms with van der Waals surface area (Å²) < 4.78 is 23.4. The molecule has 1 aromatic carbocycles. The summed E-state index contributed by atoms with van der Waals surface area (Å²) in [6.07, 6.45) is 0.455. The Kier molecular flexibility index (Phi) is 6.88. The molecule has 1 unspecified atom stereocenters. The lowest BCUT2D eigenvalue weighted by Crippen LogP contribution is -2.44. The van der Waals surface area contributed by atoms with Crippen LogP contribution < -0.4 is 5.73 Å². The van der Waals surface area contributed by atoms with Crippen molar-refractivity contribution in [2.75, 3.05) is 24.7 Å². The second-order valence-corrected chi connectivity index (χ2v) is 9.42. The van der Waals surface area contributed by atoms with Crippen molar-refractivity contribution in [3.8, 4) is 0 Å². The number of sulfone groups is 1. The molecule has 2 rings (SSSR count). The first-order valence-electron chi connectivity index (χ1n) is 8.39. The molecule has 1 atom stereocenters. The summed E-state index contributed by atoms with van der Waals surface area (Å²) in [7, 11) is -3.08. The minimum atomic E-state index is -3.08. The normalized spacial score (nSPS) is 19.5. The summed E-state index contributed by atoms with van der Waals surface area (Å²) in [5.41, 5.74) is 6.45. The van der Waals surface area contributed by atoms with Crippen LogP contribution in [0.25, 0.3) is 0 Å². The number of amidine groups is 1. The zero-order valence-corrected chi connectivity index (χ0v) is 16.5. The van der Waals surface area contributed by atoms with Crippen LogP contribution in [0.1, 0.15) is 25.8 Å². The van der Waals surface area contributed by atoms with Crippen molar-refractivity contribution in [1.82, 2.24) is 4.90 Å². The highest BCUT2D eigenvalue weighted by Crippen LogP contribution is 2.19. The number of carbonyl (C=O) groups is 1. The zero-order valence-electron chi connectivity index (χ0n) is 14.9. The van der Waals surface area contributed by atoms with E-state index < -0.39 is 9.84 Å². The number of oxime groups is 1. The third kappa shape index (κ3) is 5.88. The predicted octanol–water partition coefficient (Wildman–Crippen LogP) is 1.65. The molecule has 2 N–H and O–H groups in total. The van der Waals surface area contributed by atoms with Crippen LogP contribution in [0.2, 0.25) is 5.02 Å². The summed E-state index contributed by atoms with van der Waals surface area (Å²) in [5.74, 6) is 0.163. The topological polar surface area (TPSA) is 102 Å². The van der Waals surface area contributed by atoms with Crippen molar-refractivity contribution in [2.24, 2.45) is 16.8 Å². The smallest absolute Gasteiger partial charge is 0.263 e. The molecule has 0 aromatic heterocycles. The molecule has 7 nitrogen and oxygen atoms in total. The van der Waals surface area contributed by atoms with Gasteiger partial charge in [-0.15, -0.1) is 0 Å². The number of hydrogen-bond donors (Lipinski definition) is 1. The molecule has 1 heterocycles. The number of amides is 1. The first-order chi connectivity index (χ1) is 12.2. The molecule has 1 aliphatic heterocycles. The van der Waals surface area contributed by atoms with Crippen LogP contribution in [0, 0.1) is 5.92 Å². The summed E-state index contributed by atoms with van der Waals surface area (Å²) >= 11 is 5.82. The van der Waals surface area contributed by atoms with Gasteiger partial charge in [-0.3, -0.25) is 4.79 Å². The Morgan fingerprint density at radius 1 is 1.38 bits per heavy atom. The third-order valence-corrected chi connectivity index (χ3v) is 6.02. The second-order valence-electron chi connectivity index (χ2n) is 6.75. The molecule has 0 spiro atoms.